The van der Waals surface area contributed by atoms with E-state index in [1.54, 1.807) is 6.07 Å². The molecule has 0 aromatic carbocycles. The van der Waals surface area contributed by atoms with Crippen molar-refractivity contribution >= 4 is 29.0 Å². The van der Waals surface area contributed by atoms with Gasteiger partial charge in [-0.1, -0.05) is 0 Å². The number of halogens is 2. The molecular formula is C19H24F2N8O. The van der Waals surface area contributed by atoms with Crippen LogP contribution in [-0.4, -0.2) is 46.5 Å². The zero-order chi connectivity index (χ0) is 21.3. The number of aromatic nitrogens is 3. The SMILES string of the molecule is CCNc1cc(Nc2cc(N)nc(C(F)F)n2)ncc1C(=O)NC1CC2(CNC2)C1. The minimum Gasteiger partial charge on any atom is -0.385 e. The Hall–Kier alpha value is -3.08. The fourth-order valence-corrected chi connectivity index (χ4v) is 3.94. The summed E-state index contributed by atoms with van der Waals surface area (Å²) in [5.41, 5.74) is 6.95. The van der Waals surface area contributed by atoms with Crippen LogP contribution >= 0.6 is 0 Å². The predicted octanol–water partition coefficient (Wildman–Crippen LogP) is 2.05. The van der Waals surface area contributed by atoms with Gasteiger partial charge in [0.25, 0.3) is 12.3 Å². The zero-order valence-electron chi connectivity index (χ0n) is 16.5. The number of nitrogens with one attached hydrogen (secondary N) is 4. The maximum Gasteiger partial charge on any atom is 0.297 e. The third kappa shape index (κ3) is 4.11. The lowest BCUT2D eigenvalue weighted by Gasteiger charge is -2.54. The predicted molar refractivity (Wildman–Crippen MR) is 109 cm³/mol. The minimum atomic E-state index is -2.84. The number of pyridine rings is 1. The van der Waals surface area contributed by atoms with E-state index in [0.29, 0.717) is 29.0 Å². The van der Waals surface area contributed by atoms with Crippen molar-refractivity contribution in [2.75, 3.05) is 36.0 Å². The Morgan fingerprint density at radius 2 is 2.07 bits per heavy atom. The van der Waals surface area contributed by atoms with Crippen molar-refractivity contribution in [2.24, 2.45) is 5.41 Å². The third-order valence-corrected chi connectivity index (χ3v) is 5.42. The standard InChI is InChI=1S/C19H24F2N8O/c1-2-24-12-3-14(28-15-4-13(22)27-17(29-15)16(20)21)25-7-11(12)18(30)26-10-5-19(6-10)8-23-9-19/h3-4,7,10,16,23H,2,5-6,8-9H2,1H3,(H,26,30)(H4,22,24,25,27,28,29). The molecule has 0 bridgehead atoms. The van der Waals surface area contributed by atoms with Crippen LogP contribution < -0.4 is 27.0 Å². The van der Waals surface area contributed by atoms with Crippen LogP contribution in [0.5, 0.6) is 0 Å². The first-order chi connectivity index (χ1) is 14.4. The second-order valence-corrected chi connectivity index (χ2v) is 7.79. The molecule has 11 heteroatoms. The number of anilines is 4. The van der Waals surface area contributed by atoms with Crippen LogP contribution in [0, 0.1) is 5.41 Å². The van der Waals surface area contributed by atoms with Gasteiger partial charge in [0, 0.05) is 44.0 Å². The van der Waals surface area contributed by atoms with Gasteiger partial charge < -0.3 is 27.0 Å². The highest BCUT2D eigenvalue weighted by Crippen LogP contribution is 2.44. The van der Waals surface area contributed by atoms with E-state index < -0.39 is 12.2 Å². The fourth-order valence-electron chi connectivity index (χ4n) is 3.94. The van der Waals surface area contributed by atoms with Crippen LogP contribution in [0.4, 0.5) is 31.9 Å². The molecule has 3 heterocycles. The summed E-state index contributed by atoms with van der Waals surface area (Å²) in [4.78, 5) is 24.2. The van der Waals surface area contributed by atoms with Gasteiger partial charge in [0.15, 0.2) is 5.82 Å². The van der Waals surface area contributed by atoms with E-state index in [2.05, 4.69) is 36.2 Å². The monoisotopic (exact) mass is 418 g/mol. The molecule has 0 radical (unpaired) electrons. The lowest BCUT2D eigenvalue weighted by molar-refractivity contribution is 0.0232. The highest BCUT2D eigenvalue weighted by molar-refractivity contribution is 6.00. The quantitative estimate of drug-likeness (QED) is 0.462. The maximum atomic E-state index is 12.9. The average Bonchev–Trinajstić information content (AvgIpc) is 2.62. The van der Waals surface area contributed by atoms with Crippen molar-refractivity contribution in [3.05, 3.63) is 29.7 Å². The summed E-state index contributed by atoms with van der Waals surface area (Å²) in [7, 11) is 0. The fraction of sp³-hybridized carbons (Fsp3) is 0.474. The maximum absolute atomic E-state index is 12.9. The van der Waals surface area contributed by atoms with Crippen molar-refractivity contribution in [3.8, 4) is 0 Å². The Labute approximate surface area is 172 Å². The molecule has 2 aromatic rings. The summed E-state index contributed by atoms with van der Waals surface area (Å²) in [6, 6.07) is 3.14. The molecule has 30 heavy (non-hydrogen) atoms. The Balaban J connectivity index is 1.48. The van der Waals surface area contributed by atoms with Crippen LogP contribution in [0.1, 0.15) is 42.4 Å². The lowest BCUT2D eigenvalue weighted by Crippen LogP contribution is -2.65. The van der Waals surface area contributed by atoms with Gasteiger partial charge in [0.05, 0.1) is 11.3 Å². The van der Waals surface area contributed by atoms with Gasteiger partial charge in [-0.15, -0.1) is 0 Å². The average molecular weight is 418 g/mol. The topological polar surface area (TPSA) is 130 Å². The molecule has 6 N–H and O–H groups in total. The van der Waals surface area contributed by atoms with Crippen molar-refractivity contribution in [1.82, 2.24) is 25.6 Å². The Morgan fingerprint density at radius 3 is 2.70 bits per heavy atom. The molecule has 2 aromatic heterocycles. The highest BCUT2D eigenvalue weighted by atomic mass is 19.3. The molecule has 1 spiro atoms. The third-order valence-electron chi connectivity index (χ3n) is 5.42. The minimum absolute atomic E-state index is 0.0781. The van der Waals surface area contributed by atoms with Crippen LogP contribution in [0.3, 0.4) is 0 Å². The van der Waals surface area contributed by atoms with Crippen LogP contribution in [0.2, 0.25) is 0 Å². The molecule has 1 amide bonds. The van der Waals surface area contributed by atoms with Crippen molar-refractivity contribution in [2.45, 2.75) is 32.2 Å². The molecule has 2 fully saturated rings. The second-order valence-electron chi connectivity index (χ2n) is 7.79. The molecule has 0 atom stereocenters. The normalized spacial score (nSPS) is 17.3. The summed E-state index contributed by atoms with van der Waals surface area (Å²) in [5, 5.41) is 12.3. The van der Waals surface area contributed by atoms with Gasteiger partial charge in [-0.05, 0) is 25.2 Å². The van der Waals surface area contributed by atoms with E-state index in [4.69, 9.17) is 5.73 Å². The molecule has 9 nitrogen and oxygen atoms in total. The zero-order valence-corrected chi connectivity index (χ0v) is 16.5. The highest BCUT2D eigenvalue weighted by Gasteiger charge is 2.48. The number of nitrogen functional groups attached to an aromatic ring is 1. The summed E-state index contributed by atoms with van der Waals surface area (Å²) in [6.07, 6.45) is 0.577. The number of rotatable bonds is 7. The van der Waals surface area contributed by atoms with E-state index in [1.165, 1.54) is 12.3 Å². The number of amides is 1. The summed E-state index contributed by atoms with van der Waals surface area (Å²) in [5.74, 6) is -0.503. The van der Waals surface area contributed by atoms with Gasteiger partial charge >= 0.3 is 0 Å². The van der Waals surface area contributed by atoms with Crippen LogP contribution in [-0.2, 0) is 0 Å². The molecule has 0 unspecified atom stereocenters. The number of carbonyl (C=O) groups is 1. The van der Waals surface area contributed by atoms with Crippen LogP contribution in [0.15, 0.2) is 18.3 Å². The van der Waals surface area contributed by atoms with Gasteiger partial charge in [-0.25, -0.2) is 23.7 Å². The number of carbonyl (C=O) groups excluding carboxylic acids is 1. The summed E-state index contributed by atoms with van der Waals surface area (Å²) in [6.45, 7) is 4.54. The van der Waals surface area contributed by atoms with Gasteiger partial charge in [0.2, 0.25) is 0 Å². The molecule has 1 aliphatic heterocycles. The van der Waals surface area contributed by atoms with Gasteiger partial charge in [-0.3, -0.25) is 4.79 Å². The number of hydrogen-bond donors (Lipinski definition) is 5. The number of nitrogens with zero attached hydrogens (tertiary/aromatic N) is 3. The largest absolute Gasteiger partial charge is 0.385 e. The van der Waals surface area contributed by atoms with E-state index in [1.807, 2.05) is 6.92 Å². The van der Waals surface area contributed by atoms with E-state index in [0.717, 1.165) is 25.9 Å². The van der Waals surface area contributed by atoms with Crippen molar-refractivity contribution < 1.29 is 13.6 Å². The van der Waals surface area contributed by atoms with Gasteiger partial charge in [-0.2, -0.15) is 0 Å². The molecule has 160 valence electrons. The first-order valence-electron chi connectivity index (χ1n) is 9.82. The van der Waals surface area contributed by atoms with E-state index in [9.17, 15) is 13.6 Å². The Kier molecular flexibility index (Phi) is 5.37. The Bertz CT molecular complexity index is 942. The number of nitrogens with two attached hydrogens (primary N) is 1. The molecule has 2 aliphatic rings. The number of alkyl halides is 2. The lowest BCUT2D eigenvalue weighted by atomic mass is 9.61. The first kappa shape index (κ1) is 20.2. The Morgan fingerprint density at radius 1 is 1.30 bits per heavy atom. The van der Waals surface area contributed by atoms with Crippen molar-refractivity contribution in [3.63, 3.8) is 0 Å². The van der Waals surface area contributed by atoms with E-state index in [-0.39, 0.29) is 23.6 Å². The van der Waals surface area contributed by atoms with E-state index >= 15 is 0 Å². The number of hydrogen-bond acceptors (Lipinski definition) is 8. The smallest absolute Gasteiger partial charge is 0.297 e. The molecule has 4 rings (SSSR count). The summed E-state index contributed by atoms with van der Waals surface area (Å²) < 4.78 is 25.8. The molecule has 1 saturated heterocycles. The van der Waals surface area contributed by atoms with Crippen LogP contribution in [0.25, 0.3) is 0 Å². The molecular weight excluding hydrogens is 394 g/mol. The second kappa shape index (κ2) is 7.98. The summed E-state index contributed by atoms with van der Waals surface area (Å²) >= 11 is 0. The van der Waals surface area contributed by atoms with Crippen molar-refractivity contribution in [1.29, 1.82) is 0 Å². The first-order valence-corrected chi connectivity index (χ1v) is 9.82. The van der Waals surface area contributed by atoms with Gasteiger partial charge in [0.1, 0.15) is 17.5 Å². The molecule has 1 saturated carbocycles. The molecule has 1 aliphatic carbocycles.